The van der Waals surface area contributed by atoms with Gasteiger partial charge in [-0.15, -0.1) is 0 Å². The molecular formula is C15H14N2O2. The van der Waals surface area contributed by atoms with Crippen LogP contribution in [0.15, 0.2) is 53.1 Å². The maximum absolute atomic E-state index is 12.1. The molecule has 2 atom stereocenters. The third-order valence-electron chi connectivity index (χ3n) is 3.43. The van der Waals surface area contributed by atoms with Gasteiger partial charge >= 0.3 is 0 Å². The zero-order chi connectivity index (χ0) is 13.4. The standard InChI is InChI=1S/C15H14N2O2/c1-9-5-4-7-11-13(9)16-14(17-15(11)19)10-6-2-3-8-12(10)18/h2-9,13,18H,1H3,(H,16,17,19). The predicted molar refractivity (Wildman–Crippen MR) is 73.0 cm³/mol. The number of carbonyl (C=O) groups excluding carboxylic acids is 1. The van der Waals surface area contributed by atoms with Crippen molar-refractivity contribution >= 4 is 11.7 Å². The van der Waals surface area contributed by atoms with E-state index in [0.717, 1.165) is 0 Å². The minimum Gasteiger partial charge on any atom is -0.507 e. The summed E-state index contributed by atoms with van der Waals surface area (Å²) in [5, 5.41) is 12.6. The fourth-order valence-electron chi connectivity index (χ4n) is 2.38. The number of aliphatic imine (C=N–C) groups is 1. The van der Waals surface area contributed by atoms with Crippen LogP contribution in [0.3, 0.4) is 0 Å². The maximum atomic E-state index is 12.1. The molecule has 1 aliphatic heterocycles. The fourth-order valence-corrected chi connectivity index (χ4v) is 2.38. The van der Waals surface area contributed by atoms with Gasteiger partial charge in [-0.3, -0.25) is 9.79 Å². The SMILES string of the molecule is CC1C=CC=C2C(=O)NC(c3ccccc3O)=NC21. The van der Waals surface area contributed by atoms with E-state index in [-0.39, 0.29) is 23.6 Å². The molecule has 4 heteroatoms. The number of phenolic OH excluding ortho intramolecular Hbond substituents is 1. The number of phenols is 1. The molecule has 0 fully saturated rings. The number of benzene rings is 1. The van der Waals surface area contributed by atoms with Crippen LogP contribution in [0.4, 0.5) is 0 Å². The molecule has 0 aromatic heterocycles. The van der Waals surface area contributed by atoms with Crippen molar-refractivity contribution in [2.45, 2.75) is 13.0 Å². The highest BCUT2D eigenvalue weighted by Gasteiger charge is 2.32. The molecule has 0 bridgehead atoms. The molecule has 2 N–H and O–H groups in total. The minimum absolute atomic E-state index is 0.119. The normalized spacial score (nSPS) is 25.2. The first kappa shape index (κ1) is 11.7. The molecule has 0 saturated carbocycles. The fraction of sp³-hybridized carbons (Fsp3) is 0.200. The minimum atomic E-state index is -0.173. The Labute approximate surface area is 111 Å². The van der Waals surface area contributed by atoms with E-state index in [9.17, 15) is 9.90 Å². The zero-order valence-electron chi connectivity index (χ0n) is 10.5. The van der Waals surface area contributed by atoms with Crippen molar-refractivity contribution in [1.82, 2.24) is 5.32 Å². The van der Waals surface area contributed by atoms with Crippen molar-refractivity contribution in [3.05, 3.63) is 53.6 Å². The van der Waals surface area contributed by atoms with Crippen LogP contribution in [-0.4, -0.2) is 22.9 Å². The Hall–Kier alpha value is -2.36. The van der Waals surface area contributed by atoms with Gasteiger partial charge in [0.15, 0.2) is 0 Å². The Morgan fingerprint density at radius 3 is 2.89 bits per heavy atom. The Kier molecular flexibility index (Phi) is 2.71. The van der Waals surface area contributed by atoms with Crippen LogP contribution >= 0.6 is 0 Å². The second kappa shape index (κ2) is 4.39. The first-order valence-corrected chi connectivity index (χ1v) is 6.22. The highest BCUT2D eigenvalue weighted by molar-refractivity contribution is 6.16. The summed E-state index contributed by atoms with van der Waals surface area (Å²) in [6.45, 7) is 2.03. The second-order valence-corrected chi connectivity index (χ2v) is 4.76. The van der Waals surface area contributed by atoms with Crippen molar-refractivity contribution < 1.29 is 9.90 Å². The third-order valence-corrected chi connectivity index (χ3v) is 3.43. The molecule has 0 radical (unpaired) electrons. The number of allylic oxidation sites excluding steroid dienone is 2. The number of hydrogen-bond donors (Lipinski definition) is 2. The van der Waals surface area contributed by atoms with Crippen LogP contribution in [0, 0.1) is 5.92 Å². The molecule has 2 aliphatic rings. The molecule has 1 heterocycles. The molecular weight excluding hydrogens is 240 g/mol. The van der Waals surface area contributed by atoms with E-state index in [1.165, 1.54) is 0 Å². The van der Waals surface area contributed by atoms with E-state index >= 15 is 0 Å². The average molecular weight is 254 g/mol. The van der Waals surface area contributed by atoms with Crippen molar-refractivity contribution in [3.63, 3.8) is 0 Å². The number of hydrogen-bond acceptors (Lipinski definition) is 3. The van der Waals surface area contributed by atoms with E-state index in [2.05, 4.69) is 10.3 Å². The first-order valence-electron chi connectivity index (χ1n) is 6.22. The van der Waals surface area contributed by atoms with Crippen LogP contribution in [0.5, 0.6) is 5.75 Å². The number of nitrogens with one attached hydrogen (secondary N) is 1. The van der Waals surface area contributed by atoms with Gasteiger partial charge in [0.2, 0.25) is 0 Å². The van der Waals surface area contributed by atoms with Crippen molar-refractivity contribution in [3.8, 4) is 5.75 Å². The molecule has 96 valence electrons. The summed E-state index contributed by atoms with van der Waals surface area (Å²) < 4.78 is 0. The zero-order valence-corrected chi connectivity index (χ0v) is 10.5. The number of para-hydroxylation sites is 1. The number of carbonyl (C=O) groups is 1. The van der Waals surface area contributed by atoms with Crippen LogP contribution in [-0.2, 0) is 4.79 Å². The Balaban J connectivity index is 2.06. The summed E-state index contributed by atoms with van der Waals surface area (Å²) >= 11 is 0. The summed E-state index contributed by atoms with van der Waals surface area (Å²) in [7, 11) is 0. The molecule has 1 aromatic rings. The van der Waals surface area contributed by atoms with Gasteiger partial charge in [-0.25, -0.2) is 0 Å². The molecule has 4 nitrogen and oxygen atoms in total. The molecule has 1 amide bonds. The van der Waals surface area contributed by atoms with Crippen molar-refractivity contribution in [2.24, 2.45) is 10.9 Å². The van der Waals surface area contributed by atoms with Gasteiger partial charge in [0.05, 0.1) is 11.6 Å². The summed E-state index contributed by atoms with van der Waals surface area (Å²) in [6, 6.07) is 6.69. The first-order chi connectivity index (χ1) is 9.16. The quantitative estimate of drug-likeness (QED) is 0.802. The topological polar surface area (TPSA) is 61.7 Å². The molecule has 3 rings (SSSR count). The monoisotopic (exact) mass is 254 g/mol. The van der Waals surface area contributed by atoms with Gasteiger partial charge in [0, 0.05) is 11.5 Å². The Morgan fingerprint density at radius 2 is 2.11 bits per heavy atom. The smallest absolute Gasteiger partial charge is 0.254 e. The van der Waals surface area contributed by atoms with Crippen molar-refractivity contribution in [1.29, 1.82) is 0 Å². The summed E-state index contributed by atoms with van der Waals surface area (Å²) in [6.07, 6.45) is 5.71. The Morgan fingerprint density at radius 1 is 1.32 bits per heavy atom. The van der Waals surface area contributed by atoms with Crippen molar-refractivity contribution in [2.75, 3.05) is 0 Å². The number of nitrogens with zero attached hydrogens (tertiary/aromatic N) is 1. The van der Waals surface area contributed by atoms with E-state index in [0.29, 0.717) is 17.0 Å². The van der Waals surface area contributed by atoms with E-state index in [4.69, 9.17) is 0 Å². The van der Waals surface area contributed by atoms with Gasteiger partial charge in [-0.2, -0.15) is 0 Å². The lowest BCUT2D eigenvalue weighted by Crippen LogP contribution is -2.43. The van der Waals surface area contributed by atoms with Gasteiger partial charge < -0.3 is 10.4 Å². The van der Waals surface area contributed by atoms with Gasteiger partial charge in [-0.05, 0) is 12.1 Å². The van der Waals surface area contributed by atoms with Crippen LogP contribution < -0.4 is 5.32 Å². The van der Waals surface area contributed by atoms with Gasteiger partial charge in [0.25, 0.3) is 5.91 Å². The van der Waals surface area contributed by atoms with E-state index < -0.39 is 0 Å². The molecule has 1 aliphatic carbocycles. The lowest BCUT2D eigenvalue weighted by atomic mass is 9.88. The second-order valence-electron chi connectivity index (χ2n) is 4.76. The lowest BCUT2D eigenvalue weighted by Gasteiger charge is -2.28. The number of fused-ring (bicyclic) bond motifs is 1. The van der Waals surface area contributed by atoms with Crippen LogP contribution in [0.2, 0.25) is 0 Å². The van der Waals surface area contributed by atoms with Crippen LogP contribution in [0.1, 0.15) is 12.5 Å². The largest absolute Gasteiger partial charge is 0.507 e. The Bertz CT molecular complexity index is 629. The average Bonchev–Trinajstić information content (AvgIpc) is 2.40. The van der Waals surface area contributed by atoms with E-state index in [1.807, 2.05) is 19.1 Å². The van der Waals surface area contributed by atoms with Gasteiger partial charge in [-0.1, -0.05) is 37.3 Å². The molecule has 1 aromatic carbocycles. The number of rotatable bonds is 1. The molecule has 19 heavy (non-hydrogen) atoms. The number of aromatic hydroxyl groups is 1. The summed E-state index contributed by atoms with van der Waals surface area (Å²) in [5.74, 6) is 0.585. The predicted octanol–water partition coefficient (Wildman–Crippen LogP) is 1.77. The van der Waals surface area contributed by atoms with Crippen LogP contribution in [0.25, 0.3) is 0 Å². The highest BCUT2D eigenvalue weighted by Crippen LogP contribution is 2.27. The third kappa shape index (κ3) is 1.95. The summed E-state index contributed by atoms with van der Waals surface area (Å²) in [5.41, 5.74) is 1.23. The summed E-state index contributed by atoms with van der Waals surface area (Å²) in [4.78, 5) is 16.7. The highest BCUT2D eigenvalue weighted by atomic mass is 16.3. The van der Waals surface area contributed by atoms with E-state index in [1.54, 1.807) is 30.3 Å². The molecule has 0 saturated heterocycles. The molecule has 2 unspecified atom stereocenters. The van der Waals surface area contributed by atoms with Gasteiger partial charge in [0.1, 0.15) is 11.6 Å². The lowest BCUT2D eigenvalue weighted by molar-refractivity contribution is -0.116. The molecule has 0 spiro atoms. The maximum Gasteiger partial charge on any atom is 0.254 e. The number of amides is 1. The number of amidine groups is 1.